The van der Waals surface area contributed by atoms with Crippen LogP contribution in [0.2, 0.25) is 0 Å². The van der Waals surface area contributed by atoms with Crippen molar-refractivity contribution >= 4 is 22.4 Å². The van der Waals surface area contributed by atoms with Crippen molar-refractivity contribution in [2.45, 2.75) is 6.42 Å². The van der Waals surface area contributed by atoms with Crippen LogP contribution in [0.25, 0.3) is 0 Å². The first-order valence-corrected chi connectivity index (χ1v) is 7.28. The number of carbonyl (C=O) groups is 1. The van der Waals surface area contributed by atoms with E-state index in [-0.39, 0.29) is 11.7 Å². The minimum atomic E-state index is -1.18. The molecular weight excluding hydrogens is 264 g/mol. The third kappa shape index (κ3) is 6.13. The van der Waals surface area contributed by atoms with E-state index >= 15 is 0 Å². The van der Waals surface area contributed by atoms with E-state index in [4.69, 9.17) is 10.00 Å². The topological polar surface area (TPSA) is 79.2 Å². The van der Waals surface area contributed by atoms with E-state index in [2.05, 4.69) is 5.32 Å². The second-order valence-electron chi connectivity index (χ2n) is 3.87. The van der Waals surface area contributed by atoms with Crippen LogP contribution in [0, 0.1) is 11.3 Å². The molecule has 0 aliphatic heterocycles. The van der Waals surface area contributed by atoms with Crippen LogP contribution >= 0.6 is 0 Å². The van der Waals surface area contributed by atoms with Gasteiger partial charge in [-0.15, -0.1) is 0 Å². The number of methoxy groups -OCH3 is 1. The third-order valence-corrected chi connectivity index (χ3v) is 3.64. The van der Waals surface area contributed by atoms with E-state index in [9.17, 15) is 9.00 Å². The van der Waals surface area contributed by atoms with Gasteiger partial charge in [-0.1, -0.05) is 0 Å². The lowest BCUT2D eigenvalue weighted by Gasteiger charge is -2.05. The number of anilines is 1. The molecule has 1 atom stereocenters. The van der Waals surface area contributed by atoms with E-state index in [1.165, 1.54) is 0 Å². The van der Waals surface area contributed by atoms with Crippen LogP contribution in [0.3, 0.4) is 0 Å². The maximum atomic E-state index is 11.6. The quantitative estimate of drug-likeness (QED) is 0.763. The molecule has 0 saturated heterocycles. The molecule has 1 rings (SSSR count). The Labute approximate surface area is 115 Å². The van der Waals surface area contributed by atoms with Crippen LogP contribution in [0.5, 0.6) is 0 Å². The van der Waals surface area contributed by atoms with Crippen molar-refractivity contribution < 1.29 is 13.7 Å². The predicted octanol–water partition coefficient (Wildman–Crippen LogP) is 1.28. The monoisotopic (exact) mass is 280 g/mol. The van der Waals surface area contributed by atoms with Gasteiger partial charge in [0.05, 0.1) is 11.6 Å². The summed E-state index contributed by atoms with van der Waals surface area (Å²) in [5, 5.41) is 11.3. The second-order valence-corrected chi connectivity index (χ2v) is 5.45. The largest absolute Gasteiger partial charge is 0.385 e. The SMILES string of the molecule is COCCCS(=O)CC(=O)Nc1ccc(C#N)cc1. The number of nitriles is 1. The number of carbonyl (C=O) groups excluding carboxylic acids is 1. The van der Waals surface area contributed by atoms with Gasteiger partial charge in [-0.05, 0) is 30.7 Å². The number of benzene rings is 1. The number of nitrogens with one attached hydrogen (secondary N) is 1. The molecule has 0 aromatic heterocycles. The highest BCUT2D eigenvalue weighted by Gasteiger charge is 2.08. The van der Waals surface area contributed by atoms with Gasteiger partial charge in [-0.25, -0.2) is 0 Å². The van der Waals surface area contributed by atoms with Gasteiger partial charge in [0.1, 0.15) is 5.75 Å². The van der Waals surface area contributed by atoms with Crippen LogP contribution in [-0.2, 0) is 20.3 Å². The summed E-state index contributed by atoms with van der Waals surface area (Å²) < 4.78 is 16.4. The molecule has 0 fully saturated rings. The fourth-order valence-corrected chi connectivity index (χ4v) is 2.36. The first kappa shape index (κ1) is 15.3. The summed E-state index contributed by atoms with van der Waals surface area (Å²) >= 11 is 0. The Kier molecular flexibility index (Phi) is 6.79. The molecule has 1 aromatic rings. The minimum Gasteiger partial charge on any atom is -0.385 e. The van der Waals surface area contributed by atoms with Gasteiger partial charge in [0.2, 0.25) is 5.91 Å². The van der Waals surface area contributed by atoms with Crippen molar-refractivity contribution in [2.24, 2.45) is 0 Å². The summed E-state index contributed by atoms with van der Waals surface area (Å²) in [4.78, 5) is 11.6. The molecule has 1 N–H and O–H groups in total. The maximum absolute atomic E-state index is 11.6. The maximum Gasteiger partial charge on any atom is 0.236 e. The number of nitrogens with zero attached hydrogens (tertiary/aromatic N) is 1. The summed E-state index contributed by atoms with van der Waals surface area (Å²) in [6.45, 7) is 0.545. The molecule has 1 amide bonds. The minimum absolute atomic E-state index is 0.0241. The Morgan fingerprint density at radius 2 is 2.11 bits per heavy atom. The van der Waals surface area contributed by atoms with Crippen LogP contribution in [-0.4, -0.2) is 35.3 Å². The Bertz CT molecular complexity index is 480. The lowest BCUT2D eigenvalue weighted by molar-refractivity contribution is -0.113. The van der Waals surface area contributed by atoms with Crippen LogP contribution < -0.4 is 5.32 Å². The number of hydrogen-bond acceptors (Lipinski definition) is 4. The van der Waals surface area contributed by atoms with Gasteiger partial charge < -0.3 is 10.1 Å². The lowest BCUT2D eigenvalue weighted by Crippen LogP contribution is -2.21. The molecule has 19 heavy (non-hydrogen) atoms. The highest BCUT2D eigenvalue weighted by molar-refractivity contribution is 7.85. The van der Waals surface area contributed by atoms with Crippen LogP contribution in [0.1, 0.15) is 12.0 Å². The molecule has 0 saturated carbocycles. The molecule has 0 radical (unpaired) electrons. The summed E-state index contributed by atoms with van der Waals surface area (Å²) in [6, 6.07) is 8.51. The van der Waals surface area contributed by atoms with Gasteiger partial charge in [-0.3, -0.25) is 9.00 Å². The van der Waals surface area contributed by atoms with Gasteiger partial charge in [0, 0.05) is 36.0 Å². The van der Waals surface area contributed by atoms with E-state index in [1.54, 1.807) is 31.4 Å². The summed E-state index contributed by atoms with van der Waals surface area (Å²) in [6.07, 6.45) is 0.674. The summed E-state index contributed by atoms with van der Waals surface area (Å²) in [7, 11) is 0.408. The molecule has 0 aliphatic rings. The van der Waals surface area contributed by atoms with Crippen molar-refractivity contribution in [2.75, 3.05) is 30.5 Å². The van der Waals surface area contributed by atoms with E-state index in [0.29, 0.717) is 30.0 Å². The highest BCUT2D eigenvalue weighted by Crippen LogP contribution is 2.08. The molecule has 0 spiro atoms. The smallest absolute Gasteiger partial charge is 0.236 e. The Morgan fingerprint density at radius 3 is 2.68 bits per heavy atom. The third-order valence-electron chi connectivity index (χ3n) is 2.31. The van der Waals surface area contributed by atoms with Crippen molar-refractivity contribution in [3.05, 3.63) is 29.8 Å². The Morgan fingerprint density at radius 1 is 1.42 bits per heavy atom. The summed E-state index contributed by atoms with van der Waals surface area (Å²) in [5.41, 5.74) is 1.12. The second kappa shape index (κ2) is 8.40. The number of amides is 1. The van der Waals surface area contributed by atoms with Gasteiger partial charge in [0.15, 0.2) is 0 Å². The van der Waals surface area contributed by atoms with Crippen molar-refractivity contribution in [1.82, 2.24) is 0 Å². The zero-order chi connectivity index (χ0) is 14.1. The Balaban J connectivity index is 2.38. The number of rotatable bonds is 7. The average molecular weight is 280 g/mol. The molecule has 5 nitrogen and oxygen atoms in total. The van der Waals surface area contributed by atoms with Crippen LogP contribution in [0.15, 0.2) is 24.3 Å². The predicted molar refractivity (Wildman–Crippen MR) is 74.2 cm³/mol. The zero-order valence-corrected chi connectivity index (χ0v) is 11.5. The van der Waals surface area contributed by atoms with Crippen molar-refractivity contribution in [3.63, 3.8) is 0 Å². The van der Waals surface area contributed by atoms with Crippen molar-refractivity contribution in [1.29, 1.82) is 5.26 Å². The van der Waals surface area contributed by atoms with E-state index in [1.807, 2.05) is 6.07 Å². The highest BCUT2D eigenvalue weighted by atomic mass is 32.2. The van der Waals surface area contributed by atoms with Gasteiger partial charge in [-0.2, -0.15) is 5.26 Å². The lowest BCUT2D eigenvalue weighted by atomic mass is 10.2. The fourth-order valence-electron chi connectivity index (χ4n) is 1.41. The fraction of sp³-hybridized carbons (Fsp3) is 0.385. The molecule has 0 bridgehead atoms. The van der Waals surface area contributed by atoms with Crippen molar-refractivity contribution in [3.8, 4) is 6.07 Å². The molecule has 0 heterocycles. The summed E-state index contributed by atoms with van der Waals surface area (Å²) in [5.74, 6) is 0.138. The standard InChI is InChI=1S/C13H16N2O3S/c1-18-7-2-8-19(17)10-13(16)15-12-5-3-11(9-14)4-6-12/h3-6H,2,7-8,10H2,1H3,(H,15,16). The normalized spacial score (nSPS) is 11.6. The molecule has 1 unspecified atom stereocenters. The van der Waals surface area contributed by atoms with E-state index in [0.717, 1.165) is 0 Å². The average Bonchev–Trinajstić information content (AvgIpc) is 2.39. The first-order valence-electron chi connectivity index (χ1n) is 5.79. The zero-order valence-electron chi connectivity index (χ0n) is 10.7. The molecule has 1 aromatic carbocycles. The first-order chi connectivity index (χ1) is 9.15. The number of hydrogen-bond donors (Lipinski definition) is 1. The van der Waals surface area contributed by atoms with E-state index < -0.39 is 10.8 Å². The van der Waals surface area contributed by atoms with Gasteiger partial charge >= 0.3 is 0 Å². The number of ether oxygens (including phenoxy) is 1. The van der Waals surface area contributed by atoms with Gasteiger partial charge in [0.25, 0.3) is 0 Å². The molecule has 0 aliphatic carbocycles. The Hall–Kier alpha value is -1.71. The molecule has 6 heteroatoms. The molecule has 102 valence electrons. The molecular formula is C13H16N2O3S. The van der Waals surface area contributed by atoms with Crippen LogP contribution in [0.4, 0.5) is 5.69 Å².